The summed E-state index contributed by atoms with van der Waals surface area (Å²) in [4.78, 5) is 24.9. The van der Waals surface area contributed by atoms with Gasteiger partial charge < -0.3 is 20.6 Å². The first kappa shape index (κ1) is 15.2. The number of amides is 2. The monoisotopic (exact) mass is 291 g/mol. The van der Waals surface area contributed by atoms with E-state index in [-0.39, 0.29) is 0 Å². The molecule has 0 radical (unpaired) electrons. The SMILES string of the molecule is CC[C@H](NC(=O)Nc1ccc(N2CCCC2)cc1)C(=O)O. The van der Waals surface area contributed by atoms with Crippen LogP contribution >= 0.6 is 0 Å². The Kier molecular flexibility index (Phi) is 5.03. The molecule has 1 heterocycles. The van der Waals surface area contributed by atoms with Crippen LogP contribution in [0.5, 0.6) is 0 Å². The molecule has 2 rings (SSSR count). The molecular weight excluding hydrogens is 270 g/mol. The van der Waals surface area contributed by atoms with Crippen LogP contribution in [0.15, 0.2) is 24.3 Å². The topological polar surface area (TPSA) is 81.7 Å². The highest BCUT2D eigenvalue weighted by Gasteiger charge is 2.17. The summed E-state index contributed by atoms with van der Waals surface area (Å²) in [5.74, 6) is -1.03. The van der Waals surface area contributed by atoms with Crippen LogP contribution in [0.25, 0.3) is 0 Å². The molecule has 6 heteroatoms. The minimum atomic E-state index is -1.03. The van der Waals surface area contributed by atoms with Gasteiger partial charge in [0.05, 0.1) is 0 Å². The number of carbonyl (C=O) groups is 2. The highest BCUT2D eigenvalue weighted by Crippen LogP contribution is 2.21. The van der Waals surface area contributed by atoms with Crippen LogP contribution in [0.1, 0.15) is 26.2 Å². The molecule has 2 amide bonds. The van der Waals surface area contributed by atoms with Crippen molar-refractivity contribution in [2.45, 2.75) is 32.2 Å². The fourth-order valence-corrected chi connectivity index (χ4v) is 2.39. The number of hydrogen-bond acceptors (Lipinski definition) is 3. The van der Waals surface area contributed by atoms with Crippen LogP contribution in [0.3, 0.4) is 0 Å². The number of nitrogens with zero attached hydrogens (tertiary/aromatic N) is 1. The third-order valence-corrected chi connectivity index (χ3v) is 3.61. The van der Waals surface area contributed by atoms with Gasteiger partial charge in [-0.2, -0.15) is 0 Å². The molecule has 1 aromatic rings. The van der Waals surface area contributed by atoms with E-state index in [0.29, 0.717) is 12.1 Å². The second kappa shape index (κ2) is 6.97. The van der Waals surface area contributed by atoms with E-state index < -0.39 is 18.0 Å². The lowest BCUT2D eigenvalue weighted by molar-refractivity contribution is -0.139. The van der Waals surface area contributed by atoms with E-state index in [0.717, 1.165) is 18.8 Å². The van der Waals surface area contributed by atoms with Crippen molar-refractivity contribution in [1.82, 2.24) is 5.32 Å². The van der Waals surface area contributed by atoms with Crippen LogP contribution in [0, 0.1) is 0 Å². The van der Waals surface area contributed by atoms with Crippen LogP contribution in [0.2, 0.25) is 0 Å². The number of benzene rings is 1. The standard InChI is InChI=1S/C15H21N3O3/c1-2-13(14(19)20)17-15(21)16-11-5-7-12(8-6-11)18-9-3-4-10-18/h5-8,13H,2-4,9-10H2,1H3,(H,19,20)(H2,16,17,21)/t13-/m0/s1. The molecule has 21 heavy (non-hydrogen) atoms. The lowest BCUT2D eigenvalue weighted by atomic mass is 10.2. The lowest BCUT2D eigenvalue weighted by Crippen LogP contribution is -2.42. The summed E-state index contributed by atoms with van der Waals surface area (Å²) < 4.78 is 0. The number of urea groups is 1. The first-order chi connectivity index (χ1) is 10.1. The van der Waals surface area contributed by atoms with Crippen molar-refractivity contribution in [2.24, 2.45) is 0 Å². The number of aliphatic carboxylic acids is 1. The second-order valence-electron chi connectivity index (χ2n) is 5.14. The summed E-state index contributed by atoms with van der Waals surface area (Å²) >= 11 is 0. The van der Waals surface area contributed by atoms with Gasteiger partial charge in [0.1, 0.15) is 6.04 Å². The zero-order valence-corrected chi connectivity index (χ0v) is 12.1. The van der Waals surface area contributed by atoms with Gasteiger partial charge in [-0.1, -0.05) is 6.92 Å². The Balaban J connectivity index is 1.90. The number of rotatable bonds is 5. The minimum absolute atomic E-state index is 0.344. The molecule has 0 aliphatic carbocycles. The van der Waals surface area contributed by atoms with E-state index in [9.17, 15) is 9.59 Å². The van der Waals surface area contributed by atoms with E-state index in [1.165, 1.54) is 12.8 Å². The van der Waals surface area contributed by atoms with Gasteiger partial charge in [0.15, 0.2) is 0 Å². The van der Waals surface area contributed by atoms with Gasteiger partial charge >= 0.3 is 12.0 Å². The lowest BCUT2D eigenvalue weighted by Gasteiger charge is -2.18. The van der Waals surface area contributed by atoms with Gasteiger partial charge in [-0.25, -0.2) is 9.59 Å². The average molecular weight is 291 g/mol. The maximum absolute atomic E-state index is 11.7. The highest BCUT2D eigenvalue weighted by atomic mass is 16.4. The zero-order chi connectivity index (χ0) is 15.2. The minimum Gasteiger partial charge on any atom is -0.480 e. The molecular formula is C15H21N3O3. The van der Waals surface area contributed by atoms with E-state index in [2.05, 4.69) is 15.5 Å². The molecule has 0 bridgehead atoms. The van der Waals surface area contributed by atoms with E-state index in [1.807, 2.05) is 24.3 Å². The van der Waals surface area contributed by atoms with Gasteiger partial charge in [0.2, 0.25) is 0 Å². The quantitative estimate of drug-likeness (QED) is 0.777. The molecule has 3 N–H and O–H groups in total. The van der Waals surface area contributed by atoms with Gasteiger partial charge in [-0.15, -0.1) is 0 Å². The molecule has 1 aliphatic heterocycles. The number of carbonyl (C=O) groups excluding carboxylic acids is 1. The molecule has 1 fully saturated rings. The Morgan fingerprint density at radius 1 is 1.24 bits per heavy atom. The molecule has 0 spiro atoms. The number of nitrogens with one attached hydrogen (secondary N) is 2. The van der Waals surface area contributed by atoms with E-state index in [1.54, 1.807) is 6.92 Å². The predicted molar refractivity (Wildman–Crippen MR) is 81.8 cm³/mol. The third kappa shape index (κ3) is 4.11. The molecule has 0 unspecified atom stereocenters. The van der Waals surface area contributed by atoms with Crippen LogP contribution in [0.4, 0.5) is 16.2 Å². The van der Waals surface area contributed by atoms with Crippen molar-refractivity contribution in [2.75, 3.05) is 23.3 Å². The molecule has 114 valence electrons. The zero-order valence-electron chi connectivity index (χ0n) is 12.1. The molecule has 0 saturated carbocycles. The maximum atomic E-state index is 11.7. The fourth-order valence-electron chi connectivity index (χ4n) is 2.39. The summed E-state index contributed by atoms with van der Waals surface area (Å²) in [6.07, 6.45) is 2.78. The predicted octanol–water partition coefficient (Wildman–Crippen LogP) is 2.27. The van der Waals surface area contributed by atoms with E-state index >= 15 is 0 Å². The summed E-state index contributed by atoms with van der Waals surface area (Å²) in [6.45, 7) is 3.86. The summed E-state index contributed by atoms with van der Waals surface area (Å²) in [5, 5.41) is 14.0. The average Bonchev–Trinajstić information content (AvgIpc) is 2.99. The maximum Gasteiger partial charge on any atom is 0.326 e. The molecule has 1 aromatic carbocycles. The first-order valence-corrected chi connectivity index (χ1v) is 7.25. The molecule has 6 nitrogen and oxygen atoms in total. The third-order valence-electron chi connectivity index (χ3n) is 3.61. The highest BCUT2D eigenvalue weighted by molar-refractivity contribution is 5.92. The number of carboxylic acids is 1. The number of hydrogen-bond donors (Lipinski definition) is 3. The first-order valence-electron chi connectivity index (χ1n) is 7.25. The normalized spacial score (nSPS) is 15.6. The van der Waals surface area contributed by atoms with Crippen LogP contribution in [-0.2, 0) is 4.79 Å². The summed E-state index contributed by atoms with van der Waals surface area (Å²) in [5.41, 5.74) is 1.80. The van der Waals surface area contributed by atoms with Crippen molar-refractivity contribution >= 4 is 23.4 Å². The number of anilines is 2. The number of carboxylic acid groups (broad SMARTS) is 1. The fraction of sp³-hybridized carbons (Fsp3) is 0.467. The van der Waals surface area contributed by atoms with Crippen molar-refractivity contribution in [3.8, 4) is 0 Å². The Morgan fingerprint density at radius 2 is 1.86 bits per heavy atom. The molecule has 1 saturated heterocycles. The molecule has 1 aliphatic rings. The Bertz CT molecular complexity index is 495. The summed E-state index contributed by atoms with van der Waals surface area (Å²) in [7, 11) is 0. The molecule has 0 aromatic heterocycles. The van der Waals surface area contributed by atoms with Gasteiger partial charge in [0.25, 0.3) is 0 Å². The van der Waals surface area contributed by atoms with Crippen molar-refractivity contribution in [3.63, 3.8) is 0 Å². The van der Waals surface area contributed by atoms with Gasteiger partial charge in [-0.05, 0) is 43.5 Å². The van der Waals surface area contributed by atoms with Gasteiger partial charge in [-0.3, -0.25) is 0 Å². The van der Waals surface area contributed by atoms with Crippen LogP contribution in [-0.4, -0.2) is 36.2 Å². The van der Waals surface area contributed by atoms with Crippen LogP contribution < -0.4 is 15.5 Å². The Hall–Kier alpha value is -2.24. The van der Waals surface area contributed by atoms with Crippen molar-refractivity contribution in [3.05, 3.63) is 24.3 Å². The van der Waals surface area contributed by atoms with Crippen molar-refractivity contribution in [1.29, 1.82) is 0 Å². The smallest absolute Gasteiger partial charge is 0.326 e. The largest absolute Gasteiger partial charge is 0.480 e. The van der Waals surface area contributed by atoms with Gasteiger partial charge in [0, 0.05) is 24.5 Å². The molecule has 1 atom stereocenters. The second-order valence-corrected chi connectivity index (χ2v) is 5.14. The van der Waals surface area contributed by atoms with Crippen molar-refractivity contribution < 1.29 is 14.7 Å². The Morgan fingerprint density at radius 3 is 2.38 bits per heavy atom. The Labute approximate surface area is 124 Å². The van der Waals surface area contributed by atoms with E-state index in [4.69, 9.17) is 5.11 Å². The summed E-state index contributed by atoms with van der Waals surface area (Å²) in [6, 6.07) is 6.22.